The molecular formula is C19H20F3N3OS. The van der Waals surface area contributed by atoms with Gasteiger partial charge in [0.05, 0.1) is 5.56 Å². The van der Waals surface area contributed by atoms with Gasteiger partial charge in [-0.3, -0.25) is 4.79 Å². The molecule has 4 heterocycles. The van der Waals surface area contributed by atoms with Crippen molar-refractivity contribution in [2.75, 3.05) is 24.5 Å². The fourth-order valence-electron chi connectivity index (χ4n) is 3.82. The number of hydrogen-bond acceptors (Lipinski definition) is 4. The highest BCUT2D eigenvalue weighted by atomic mass is 32.1. The number of carbonyl (C=O) groups is 1. The Bertz CT molecular complexity index is 828. The Labute approximate surface area is 159 Å². The maximum atomic E-state index is 12.9. The number of pyridine rings is 1. The van der Waals surface area contributed by atoms with Crippen molar-refractivity contribution in [2.45, 2.75) is 32.0 Å². The van der Waals surface area contributed by atoms with Crippen molar-refractivity contribution in [1.29, 1.82) is 0 Å². The topological polar surface area (TPSA) is 36.4 Å². The highest BCUT2D eigenvalue weighted by molar-refractivity contribution is 7.10. The maximum absolute atomic E-state index is 12.9. The molecular weight excluding hydrogens is 375 g/mol. The normalized spacial score (nSPS) is 18.5. The molecule has 1 fully saturated rings. The third-order valence-corrected chi connectivity index (χ3v) is 6.38. The Kier molecular flexibility index (Phi) is 4.84. The maximum Gasteiger partial charge on any atom is 0.416 e. The summed E-state index contributed by atoms with van der Waals surface area (Å²) >= 11 is 1.74. The summed E-state index contributed by atoms with van der Waals surface area (Å²) in [5.74, 6) is 0.437. The first-order valence-corrected chi connectivity index (χ1v) is 9.92. The van der Waals surface area contributed by atoms with Crippen LogP contribution >= 0.6 is 11.3 Å². The first-order chi connectivity index (χ1) is 12.9. The van der Waals surface area contributed by atoms with Crippen LogP contribution in [0.1, 0.15) is 28.8 Å². The standard InChI is InChI=1S/C19H20F3N3OS/c20-19(21,22)15-1-6-23-17(11-15)24-7-2-13(3-8-24)18(26)25-9-4-16-14(12-25)5-10-27-16/h1,5-6,10-11,13H,2-4,7-9,12H2. The molecule has 0 bridgehead atoms. The number of aromatic nitrogens is 1. The zero-order chi connectivity index (χ0) is 19.0. The van der Waals surface area contributed by atoms with Crippen molar-refractivity contribution in [1.82, 2.24) is 9.88 Å². The Morgan fingerprint density at radius 1 is 1.19 bits per heavy atom. The van der Waals surface area contributed by atoms with Crippen molar-refractivity contribution < 1.29 is 18.0 Å². The monoisotopic (exact) mass is 395 g/mol. The number of hydrogen-bond donors (Lipinski definition) is 0. The fourth-order valence-corrected chi connectivity index (χ4v) is 4.71. The highest BCUT2D eigenvalue weighted by Crippen LogP contribution is 2.32. The molecule has 144 valence electrons. The minimum atomic E-state index is -4.37. The van der Waals surface area contributed by atoms with Crippen LogP contribution in [0.15, 0.2) is 29.8 Å². The third kappa shape index (κ3) is 3.81. The van der Waals surface area contributed by atoms with E-state index in [2.05, 4.69) is 16.4 Å². The molecule has 0 unspecified atom stereocenters. The van der Waals surface area contributed by atoms with Crippen molar-refractivity contribution in [2.24, 2.45) is 5.92 Å². The van der Waals surface area contributed by atoms with E-state index in [9.17, 15) is 18.0 Å². The lowest BCUT2D eigenvalue weighted by molar-refractivity contribution is -0.138. The molecule has 27 heavy (non-hydrogen) atoms. The van der Waals surface area contributed by atoms with Crippen molar-refractivity contribution in [3.63, 3.8) is 0 Å². The second kappa shape index (κ2) is 7.14. The van der Waals surface area contributed by atoms with Crippen LogP contribution in [0.25, 0.3) is 0 Å². The van der Waals surface area contributed by atoms with E-state index in [0.717, 1.165) is 25.1 Å². The molecule has 0 radical (unpaired) electrons. The molecule has 0 aromatic carbocycles. The van der Waals surface area contributed by atoms with Crippen LogP contribution in [0.2, 0.25) is 0 Å². The smallest absolute Gasteiger partial charge is 0.357 e. The molecule has 0 spiro atoms. The van der Waals surface area contributed by atoms with E-state index >= 15 is 0 Å². The molecule has 0 N–H and O–H groups in total. The largest absolute Gasteiger partial charge is 0.416 e. The van der Waals surface area contributed by atoms with Gasteiger partial charge in [0.15, 0.2) is 0 Å². The first kappa shape index (κ1) is 18.3. The minimum absolute atomic E-state index is 0.0627. The van der Waals surface area contributed by atoms with Gasteiger partial charge < -0.3 is 9.80 Å². The molecule has 4 nitrogen and oxygen atoms in total. The molecule has 0 saturated carbocycles. The average Bonchev–Trinajstić information content (AvgIpc) is 3.15. The van der Waals surface area contributed by atoms with Gasteiger partial charge in [0.2, 0.25) is 5.91 Å². The third-order valence-electron chi connectivity index (χ3n) is 5.36. The van der Waals surface area contributed by atoms with E-state index in [-0.39, 0.29) is 11.8 Å². The number of fused-ring (bicyclic) bond motifs is 1. The lowest BCUT2D eigenvalue weighted by Gasteiger charge is -2.36. The van der Waals surface area contributed by atoms with Crippen LogP contribution < -0.4 is 4.90 Å². The summed E-state index contributed by atoms with van der Waals surface area (Å²) in [5.41, 5.74) is 0.552. The number of rotatable bonds is 2. The van der Waals surface area contributed by atoms with Gasteiger partial charge in [0.1, 0.15) is 5.82 Å². The van der Waals surface area contributed by atoms with Crippen LogP contribution in [0.5, 0.6) is 0 Å². The molecule has 8 heteroatoms. The van der Waals surface area contributed by atoms with Gasteiger partial charge in [-0.2, -0.15) is 13.2 Å². The zero-order valence-corrected chi connectivity index (χ0v) is 15.5. The number of anilines is 1. The molecule has 2 aromatic heterocycles. The molecule has 1 amide bonds. The number of alkyl halides is 3. The van der Waals surface area contributed by atoms with Crippen LogP contribution in [-0.2, 0) is 23.9 Å². The van der Waals surface area contributed by atoms with E-state index in [4.69, 9.17) is 0 Å². The molecule has 1 saturated heterocycles. The van der Waals surface area contributed by atoms with Crippen LogP contribution in [0.3, 0.4) is 0 Å². The molecule has 0 atom stereocenters. The number of amides is 1. The fraction of sp³-hybridized carbons (Fsp3) is 0.474. The highest BCUT2D eigenvalue weighted by Gasteiger charge is 2.33. The number of thiophene rings is 1. The molecule has 2 aliphatic heterocycles. The molecule has 2 aliphatic rings. The summed E-state index contributed by atoms with van der Waals surface area (Å²) in [6.45, 7) is 2.51. The zero-order valence-electron chi connectivity index (χ0n) is 14.7. The first-order valence-electron chi connectivity index (χ1n) is 9.04. The quantitative estimate of drug-likeness (QED) is 0.772. The van der Waals surface area contributed by atoms with Crippen molar-refractivity contribution in [3.05, 3.63) is 45.8 Å². The van der Waals surface area contributed by atoms with E-state index in [1.807, 2.05) is 9.80 Å². The number of halogens is 3. The van der Waals surface area contributed by atoms with Gasteiger partial charge in [-0.15, -0.1) is 11.3 Å². The van der Waals surface area contributed by atoms with Crippen molar-refractivity contribution in [3.8, 4) is 0 Å². The molecule has 4 rings (SSSR count). The minimum Gasteiger partial charge on any atom is -0.357 e. The SMILES string of the molecule is O=C(C1CCN(c2cc(C(F)(F)F)ccn2)CC1)N1CCc2sccc2C1. The van der Waals surface area contributed by atoms with E-state index in [0.29, 0.717) is 38.3 Å². The summed E-state index contributed by atoms with van der Waals surface area (Å²) in [4.78, 5) is 22.1. The second-order valence-electron chi connectivity index (χ2n) is 7.04. The summed E-state index contributed by atoms with van der Waals surface area (Å²) in [7, 11) is 0. The van der Waals surface area contributed by atoms with Gasteiger partial charge in [-0.25, -0.2) is 4.98 Å². The van der Waals surface area contributed by atoms with Gasteiger partial charge >= 0.3 is 6.18 Å². The van der Waals surface area contributed by atoms with Crippen LogP contribution in [0.4, 0.5) is 19.0 Å². The number of carbonyl (C=O) groups excluding carboxylic acids is 1. The van der Waals surface area contributed by atoms with E-state index in [1.54, 1.807) is 11.3 Å². The van der Waals surface area contributed by atoms with Gasteiger partial charge in [-0.05, 0) is 48.4 Å². The number of nitrogens with zero attached hydrogens (tertiary/aromatic N) is 3. The summed E-state index contributed by atoms with van der Waals surface area (Å²) in [5, 5.41) is 2.07. The summed E-state index contributed by atoms with van der Waals surface area (Å²) in [6, 6.07) is 4.15. The van der Waals surface area contributed by atoms with E-state index in [1.165, 1.54) is 16.6 Å². The molecule has 2 aromatic rings. The van der Waals surface area contributed by atoms with Gasteiger partial charge in [0, 0.05) is 43.2 Å². The van der Waals surface area contributed by atoms with Crippen molar-refractivity contribution >= 4 is 23.1 Å². The Morgan fingerprint density at radius 3 is 2.70 bits per heavy atom. The summed E-state index contributed by atoms with van der Waals surface area (Å²) < 4.78 is 38.7. The Balaban J connectivity index is 1.37. The van der Waals surface area contributed by atoms with Crippen LogP contribution in [0, 0.1) is 5.92 Å². The molecule has 0 aliphatic carbocycles. The van der Waals surface area contributed by atoms with Crippen LogP contribution in [-0.4, -0.2) is 35.4 Å². The van der Waals surface area contributed by atoms with Gasteiger partial charge in [-0.1, -0.05) is 0 Å². The average molecular weight is 395 g/mol. The second-order valence-corrected chi connectivity index (χ2v) is 8.04. The predicted octanol–water partition coefficient (Wildman–Crippen LogP) is 3.96. The predicted molar refractivity (Wildman–Crippen MR) is 97.6 cm³/mol. The summed E-state index contributed by atoms with van der Waals surface area (Å²) in [6.07, 6.45) is -0.985. The Morgan fingerprint density at radius 2 is 1.96 bits per heavy atom. The van der Waals surface area contributed by atoms with E-state index < -0.39 is 11.7 Å². The lowest BCUT2D eigenvalue weighted by Crippen LogP contribution is -2.44. The van der Waals surface area contributed by atoms with Gasteiger partial charge in [0.25, 0.3) is 0 Å². The lowest BCUT2D eigenvalue weighted by atomic mass is 9.94. The number of piperidine rings is 1. The Hall–Kier alpha value is -2.09.